The summed E-state index contributed by atoms with van der Waals surface area (Å²) in [6.45, 7) is -0.532. The number of nitrogens with two attached hydrogens (primary N) is 1. The molecule has 0 bridgehead atoms. The minimum atomic E-state index is -4.62. The van der Waals surface area contributed by atoms with Gasteiger partial charge in [0.15, 0.2) is 5.69 Å². The number of rotatable bonds is 3. The number of halogens is 5. The highest BCUT2D eigenvalue weighted by Gasteiger charge is 2.39. The molecule has 26 heavy (non-hydrogen) atoms. The Balaban J connectivity index is 2.04. The van der Waals surface area contributed by atoms with Crippen molar-refractivity contribution in [3.05, 3.63) is 45.2 Å². The molecular weight excluding hydrogens is 396 g/mol. The van der Waals surface area contributed by atoms with E-state index in [0.717, 1.165) is 0 Å². The molecule has 2 aromatic rings. The van der Waals surface area contributed by atoms with Crippen molar-refractivity contribution in [2.75, 3.05) is 0 Å². The number of hydrazine groups is 1. The Hall–Kier alpha value is -2.30. The number of amides is 1. The molecule has 3 rings (SSSR count). The zero-order valence-corrected chi connectivity index (χ0v) is 14.4. The second kappa shape index (κ2) is 6.78. The van der Waals surface area contributed by atoms with Crippen LogP contribution < -0.4 is 11.3 Å². The van der Waals surface area contributed by atoms with Gasteiger partial charge in [-0.3, -0.25) is 19.8 Å². The van der Waals surface area contributed by atoms with Crippen LogP contribution in [0.25, 0.3) is 0 Å². The number of aliphatic imine (C=N–C) groups is 1. The Morgan fingerprint density at radius 2 is 2.08 bits per heavy atom. The highest BCUT2D eigenvalue weighted by atomic mass is 35.5. The van der Waals surface area contributed by atoms with Crippen LogP contribution in [0.4, 0.5) is 18.9 Å². The van der Waals surface area contributed by atoms with Gasteiger partial charge in [-0.1, -0.05) is 29.3 Å². The highest BCUT2D eigenvalue weighted by Crippen LogP contribution is 2.34. The summed E-state index contributed by atoms with van der Waals surface area (Å²) in [5.74, 6) is 4.35. The molecule has 0 fully saturated rings. The number of nitrogens with one attached hydrogen (secondary N) is 1. The summed E-state index contributed by atoms with van der Waals surface area (Å²) in [7, 11) is 0. The predicted molar refractivity (Wildman–Crippen MR) is 89.2 cm³/mol. The Morgan fingerprint density at radius 1 is 1.35 bits per heavy atom. The SMILES string of the molecule is NNC(=O)c1nn(Cc2ccc(Cl)cc2Cl)c2c1N=CN(C(F)(F)F)C2. The van der Waals surface area contributed by atoms with Gasteiger partial charge in [-0.15, -0.1) is 0 Å². The van der Waals surface area contributed by atoms with E-state index in [1.807, 2.05) is 5.43 Å². The number of carbonyl (C=O) groups is 1. The molecule has 0 unspecified atom stereocenters. The van der Waals surface area contributed by atoms with E-state index in [1.54, 1.807) is 12.1 Å². The van der Waals surface area contributed by atoms with Gasteiger partial charge in [0.05, 0.1) is 25.1 Å². The maximum absolute atomic E-state index is 13.0. The average molecular weight is 407 g/mol. The number of benzene rings is 1. The van der Waals surface area contributed by atoms with Crippen LogP contribution in [0.3, 0.4) is 0 Å². The van der Waals surface area contributed by atoms with Crippen molar-refractivity contribution in [1.82, 2.24) is 20.1 Å². The van der Waals surface area contributed by atoms with Crippen LogP contribution in [-0.2, 0) is 13.1 Å². The Labute approximate surface area is 155 Å². The van der Waals surface area contributed by atoms with Crippen LogP contribution >= 0.6 is 23.2 Å². The average Bonchev–Trinajstić information content (AvgIpc) is 2.94. The number of nitrogens with zero attached hydrogens (tertiary/aromatic N) is 4. The minimum Gasteiger partial charge on any atom is -0.289 e. The maximum Gasteiger partial charge on any atom is 0.486 e. The lowest BCUT2D eigenvalue weighted by molar-refractivity contribution is -0.219. The fraction of sp³-hybridized carbons (Fsp3) is 0.214. The predicted octanol–water partition coefficient (Wildman–Crippen LogP) is 2.84. The molecule has 1 aromatic carbocycles. The second-order valence-electron chi connectivity index (χ2n) is 5.35. The first-order valence-electron chi connectivity index (χ1n) is 7.13. The van der Waals surface area contributed by atoms with Gasteiger partial charge in [0.1, 0.15) is 5.69 Å². The molecule has 7 nitrogen and oxygen atoms in total. The molecule has 0 radical (unpaired) electrons. The third kappa shape index (κ3) is 3.48. The van der Waals surface area contributed by atoms with Crippen molar-refractivity contribution in [2.24, 2.45) is 10.8 Å². The van der Waals surface area contributed by atoms with Gasteiger partial charge in [0, 0.05) is 10.0 Å². The number of fused-ring (bicyclic) bond motifs is 1. The van der Waals surface area contributed by atoms with Crippen LogP contribution in [0, 0.1) is 0 Å². The van der Waals surface area contributed by atoms with Gasteiger partial charge in [0.25, 0.3) is 5.91 Å². The van der Waals surface area contributed by atoms with Gasteiger partial charge in [-0.2, -0.15) is 18.3 Å². The molecule has 0 atom stereocenters. The highest BCUT2D eigenvalue weighted by molar-refractivity contribution is 6.35. The number of carbonyl (C=O) groups excluding carboxylic acids is 1. The number of hydrogen-bond donors (Lipinski definition) is 2. The standard InChI is InChI=1S/C14H11Cl2F3N6O/c15-8-2-1-7(9(16)3-8)4-25-10-5-24(14(17,18)19)6-21-11(10)12(23-25)13(26)22-20/h1-3,6H,4-5,20H2,(H,22,26). The fourth-order valence-corrected chi connectivity index (χ4v) is 2.90. The van der Waals surface area contributed by atoms with Crippen molar-refractivity contribution < 1.29 is 18.0 Å². The summed E-state index contributed by atoms with van der Waals surface area (Å²) < 4.78 is 40.3. The molecule has 0 saturated heterocycles. The van der Waals surface area contributed by atoms with Crippen LogP contribution in [-0.4, -0.2) is 33.2 Å². The molecule has 0 spiro atoms. The van der Waals surface area contributed by atoms with Gasteiger partial charge in [-0.25, -0.2) is 10.8 Å². The van der Waals surface area contributed by atoms with E-state index < -0.39 is 18.8 Å². The lowest BCUT2D eigenvalue weighted by Gasteiger charge is -2.25. The fourth-order valence-electron chi connectivity index (χ4n) is 2.43. The summed E-state index contributed by atoms with van der Waals surface area (Å²) in [5, 5.41) is 4.80. The first-order chi connectivity index (χ1) is 12.2. The summed E-state index contributed by atoms with van der Waals surface area (Å²) in [6.07, 6.45) is -4.01. The summed E-state index contributed by atoms with van der Waals surface area (Å²) >= 11 is 12.0. The number of hydrogen-bond acceptors (Lipinski definition) is 5. The van der Waals surface area contributed by atoms with Crippen molar-refractivity contribution in [1.29, 1.82) is 0 Å². The first kappa shape index (κ1) is 18.5. The largest absolute Gasteiger partial charge is 0.486 e. The Morgan fingerprint density at radius 3 is 2.69 bits per heavy atom. The summed E-state index contributed by atoms with van der Waals surface area (Å²) in [6, 6.07) is 4.71. The zero-order chi connectivity index (χ0) is 19.1. The third-order valence-electron chi connectivity index (χ3n) is 3.68. The molecule has 12 heteroatoms. The quantitative estimate of drug-likeness (QED) is 0.355. The molecular formula is C14H11Cl2F3N6O. The topological polar surface area (TPSA) is 88.5 Å². The molecule has 1 amide bonds. The van der Waals surface area contributed by atoms with Crippen molar-refractivity contribution in [3.63, 3.8) is 0 Å². The normalized spacial score (nSPS) is 13.7. The van der Waals surface area contributed by atoms with Crippen molar-refractivity contribution in [2.45, 2.75) is 19.4 Å². The van der Waals surface area contributed by atoms with Gasteiger partial charge >= 0.3 is 6.30 Å². The molecule has 2 heterocycles. The van der Waals surface area contributed by atoms with Crippen LogP contribution in [0.15, 0.2) is 23.2 Å². The monoisotopic (exact) mass is 406 g/mol. The zero-order valence-electron chi connectivity index (χ0n) is 12.9. The van der Waals surface area contributed by atoms with E-state index >= 15 is 0 Å². The van der Waals surface area contributed by atoms with Crippen molar-refractivity contribution >= 4 is 41.1 Å². The van der Waals surface area contributed by atoms with Crippen molar-refractivity contribution in [3.8, 4) is 0 Å². The van der Waals surface area contributed by atoms with Crippen LogP contribution in [0.1, 0.15) is 21.7 Å². The molecule has 1 aliphatic heterocycles. The van der Waals surface area contributed by atoms with E-state index in [-0.39, 0.29) is 28.5 Å². The first-order valence-corrected chi connectivity index (χ1v) is 7.88. The molecule has 0 saturated carbocycles. The van der Waals surface area contributed by atoms with E-state index in [0.29, 0.717) is 21.9 Å². The maximum atomic E-state index is 13.0. The second-order valence-corrected chi connectivity index (χ2v) is 6.19. The number of alkyl halides is 3. The van der Waals surface area contributed by atoms with Gasteiger partial charge in [0.2, 0.25) is 0 Å². The van der Waals surface area contributed by atoms with Crippen LogP contribution in [0.2, 0.25) is 10.0 Å². The summed E-state index contributed by atoms with van der Waals surface area (Å²) in [4.78, 5) is 15.7. The third-order valence-corrected chi connectivity index (χ3v) is 4.27. The van der Waals surface area contributed by atoms with E-state index in [1.165, 1.54) is 10.7 Å². The smallest absolute Gasteiger partial charge is 0.289 e. The van der Waals surface area contributed by atoms with E-state index in [2.05, 4.69) is 10.1 Å². The summed E-state index contributed by atoms with van der Waals surface area (Å²) in [5.41, 5.74) is 2.42. The minimum absolute atomic E-state index is 0.0252. The lowest BCUT2D eigenvalue weighted by atomic mass is 10.2. The lowest BCUT2D eigenvalue weighted by Crippen LogP contribution is -2.38. The van der Waals surface area contributed by atoms with E-state index in [9.17, 15) is 18.0 Å². The Kier molecular flexibility index (Phi) is 4.82. The van der Waals surface area contributed by atoms with Gasteiger partial charge < -0.3 is 0 Å². The number of aromatic nitrogens is 2. The van der Waals surface area contributed by atoms with Gasteiger partial charge in [-0.05, 0) is 17.7 Å². The molecule has 0 aliphatic carbocycles. The number of nitrogen functional groups attached to an aromatic ring is 1. The molecule has 138 valence electrons. The molecule has 1 aliphatic rings. The van der Waals surface area contributed by atoms with Crippen LogP contribution in [0.5, 0.6) is 0 Å². The molecule has 1 aromatic heterocycles. The molecule has 3 N–H and O–H groups in total. The Bertz CT molecular complexity index is 896. The van der Waals surface area contributed by atoms with E-state index in [4.69, 9.17) is 29.0 Å².